The first kappa shape index (κ1) is 24.6. The van der Waals surface area contributed by atoms with Gasteiger partial charge in [0.2, 0.25) is 5.91 Å². The van der Waals surface area contributed by atoms with Crippen LogP contribution in [0.5, 0.6) is 0 Å². The number of nitro benzene ring substituents is 1. The highest BCUT2D eigenvalue weighted by molar-refractivity contribution is 7.17. The van der Waals surface area contributed by atoms with Crippen LogP contribution in [0.15, 0.2) is 54.6 Å². The van der Waals surface area contributed by atoms with Gasteiger partial charge in [0, 0.05) is 17.0 Å². The van der Waals surface area contributed by atoms with Crippen molar-refractivity contribution in [3.8, 4) is 0 Å². The molecule has 1 aromatic heterocycles. The molecule has 11 heteroatoms. The number of rotatable bonds is 6. The van der Waals surface area contributed by atoms with E-state index in [1.807, 2.05) is 13.0 Å². The Hall–Kier alpha value is -4.09. The molecule has 3 atom stereocenters. The maximum atomic E-state index is 13.9. The van der Waals surface area contributed by atoms with E-state index in [-0.39, 0.29) is 22.9 Å². The number of fused-ring (bicyclic) bond motifs is 1. The third-order valence-electron chi connectivity index (χ3n) is 6.62. The highest BCUT2D eigenvalue weighted by Crippen LogP contribution is 2.49. The van der Waals surface area contributed by atoms with Gasteiger partial charge >= 0.3 is 5.97 Å². The molecule has 2 fully saturated rings. The van der Waals surface area contributed by atoms with Crippen molar-refractivity contribution in [3.05, 3.63) is 86.3 Å². The summed E-state index contributed by atoms with van der Waals surface area (Å²) >= 11 is 1.18. The first-order valence-corrected chi connectivity index (χ1v) is 12.5. The molecule has 5 rings (SSSR count). The molecule has 3 aromatic rings. The van der Waals surface area contributed by atoms with Gasteiger partial charge in [0.15, 0.2) is 6.10 Å². The largest absolute Gasteiger partial charge is 0.462 e. The van der Waals surface area contributed by atoms with Crippen molar-refractivity contribution in [2.75, 3.05) is 16.6 Å². The van der Waals surface area contributed by atoms with Gasteiger partial charge in [-0.3, -0.25) is 24.5 Å². The van der Waals surface area contributed by atoms with E-state index in [4.69, 9.17) is 9.57 Å². The Morgan fingerprint density at radius 2 is 1.76 bits per heavy atom. The average Bonchev–Trinajstić information content (AvgIpc) is 3.50. The third-order valence-corrected chi connectivity index (χ3v) is 7.81. The third kappa shape index (κ3) is 3.96. The van der Waals surface area contributed by atoms with Crippen molar-refractivity contribution < 1.29 is 28.9 Å². The molecule has 190 valence electrons. The molecule has 0 aliphatic carbocycles. The van der Waals surface area contributed by atoms with Gasteiger partial charge in [-0.2, -0.15) is 0 Å². The number of hydroxylamine groups is 1. The number of imide groups is 1. The van der Waals surface area contributed by atoms with Crippen LogP contribution in [-0.4, -0.2) is 35.4 Å². The summed E-state index contributed by atoms with van der Waals surface area (Å²) in [6.45, 7) is 5.40. The predicted molar refractivity (Wildman–Crippen MR) is 135 cm³/mol. The number of hydrogen-bond donors (Lipinski definition) is 0. The second-order valence-corrected chi connectivity index (χ2v) is 9.91. The van der Waals surface area contributed by atoms with Crippen molar-refractivity contribution in [3.63, 3.8) is 0 Å². The first-order chi connectivity index (χ1) is 17.7. The van der Waals surface area contributed by atoms with Crippen LogP contribution in [-0.2, 0) is 19.2 Å². The van der Waals surface area contributed by atoms with Crippen LogP contribution in [0, 0.1) is 29.9 Å². The van der Waals surface area contributed by atoms with Crippen LogP contribution in [0.25, 0.3) is 0 Å². The Balaban J connectivity index is 1.59. The van der Waals surface area contributed by atoms with Crippen LogP contribution in [0.3, 0.4) is 0 Å². The molecule has 0 bridgehead atoms. The zero-order chi connectivity index (χ0) is 26.4. The maximum absolute atomic E-state index is 13.9. The standard InChI is InChI=1S/C26H23N3O7S/c1-4-35-26(32)19-14(2)15(3)37-25(19)27-23(30)20-21(16-10-12-18(13-11-16)29(33)34)28(36-22(20)24(27)31)17-8-6-5-7-9-17/h5-13,20-22H,4H2,1-3H3/t20-,21-,22-/m1/s1. The van der Waals surface area contributed by atoms with Gasteiger partial charge < -0.3 is 4.74 Å². The number of aryl methyl sites for hydroxylation is 1. The number of para-hydroxylation sites is 1. The van der Waals surface area contributed by atoms with E-state index in [0.717, 1.165) is 9.78 Å². The molecular formula is C26H23N3O7S. The molecule has 2 aromatic carbocycles. The van der Waals surface area contributed by atoms with Crippen molar-refractivity contribution in [2.45, 2.75) is 32.9 Å². The molecule has 2 amide bonds. The number of carbonyl (C=O) groups excluding carboxylic acids is 3. The Kier molecular flexibility index (Phi) is 6.26. The number of nitrogens with zero attached hydrogens (tertiary/aromatic N) is 3. The van der Waals surface area contributed by atoms with E-state index in [2.05, 4.69) is 0 Å². The van der Waals surface area contributed by atoms with Gasteiger partial charge in [-0.05, 0) is 44.0 Å². The molecule has 0 radical (unpaired) electrons. The van der Waals surface area contributed by atoms with Crippen LogP contribution in [0.2, 0.25) is 0 Å². The van der Waals surface area contributed by atoms with Crippen molar-refractivity contribution in [2.24, 2.45) is 5.92 Å². The van der Waals surface area contributed by atoms with Crippen LogP contribution in [0.1, 0.15) is 39.3 Å². The fourth-order valence-corrected chi connectivity index (χ4v) is 5.91. The number of benzene rings is 2. The minimum absolute atomic E-state index is 0.0930. The monoisotopic (exact) mass is 521 g/mol. The number of carbonyl (C=O) groups is 3. The number of non-ortho nitro benzene ring substituents is 1. The lowest BCUT2D eigenvalue weighted by atomic mass is 9.90. The van der Waals surface area contributed by atoms with Crippen molar-refractivity contribution >= 4 is 45.5 Å². The predicted octanol–water partition coefficient (Wildman–Crippen LogP) is 4.50. The highest BCUT2D eigenvalue weighted by Gasteiger charge is 2.61. The fraction of sp³-hybridized carbons (Fsp3) is 0.269. The van der Waals surface area contributed by atoms with E-state index < -0.39 is 40.8 Å². The SMILES string of the molecule is CCOC(=O)c1c(N2C(=O)[C@@H]3[C@@H](c4ccc([N+](=O)[O-])cc4)N(c4ccccc4)O[C@H]3C2=O)sc(C)c1C. The summed E-state index contributed by atoms with van der Waals surface area (Å²) in [4.78, 5) is 59.0. The number of hydrogen-bond acceptors (Lipinski definition) is 9. The lowest BCUT2D eigenvalue weighted by Crippen LogP contribution is -2.37. The molecule has 2 aliphatic heterocycles. The quantitative estimate of drug-likeness (QED) is 0.201. The Bertz CT molecular complexity index is 1400. The molecular weight excluding hydrogens is 498 g/mol. The van der Waals surface area contributed by atoms with E-state index in [9.17, 15) is 24.5 Å². The second-order valence-electron chi connectivity index (χ2n) is 8.70. The van der Waals surface area contributed by atoms with Gasteiger partial charge in [0.05, 0.1) is 28.8 Å². The number of anilines is 2. The van der Waals surface area contributed by atoms with Gasteiger partial charge in [-0.15, -0.1) is 11.3 Å². The Morgan fingerprint density at radius 1 is 1.08 bits per heavy atom. The lowest BCUT2D eigenvalue weighted by Gasteiger charge is -2.28. The molecule has 37 heavy (non-hydrogen) atoms. The molecule has 0 saturated carbocycles. The van der Waals surface area contributed by atoms with E-state index in [1.165, 1.54) is 28.5 Å². The number of amides is 2. The van der Waals surface area contributed by atoms with E-state index in [0.29, 0.717) is 16.8 Å². The Morgan fingerprint density at radius 3 is 2.38 bits per heavy atom. The Labute approximate surface area is 216 Å². The summed E-state index contributed by atoms with van der Waals surface area (Å²) in [7, 11) is 0. The summed E-state index contributed by atoms with van der Waals surface area (Å²) in [5.74, 6) is -2.63. The topological polar surface area (TPSA) is 119 Å². The molecule has 2 aliphatic rings. The molecule has 10 nitrogen and oxygen atoms in total. The van der Waals surface area contributed by atoms with E-state index >= 15 is 0 Å². The van der Waals surface area contributed by atoms with Gasteiger partial charge in [-0.1, -0.05) is 30.3 Å². The smallest absolute Gasteiger partial charge is 0.341 e. The molecule has 0 N–H and O–H groups in total. The second kappa shape index (κ2) is 9.41. The van der Waals surface area contributed by atoms with Gasteiger partial charge in [0.1, 0.15) is 10.9 Å². The molecule has 0 spiro atoms. The van der Waals surface area contributed by atoms with Gasteiger partial charge in [-0.25, -0.2) is 14.8 Å². The van der Waals surface area contributed by atoms with Crippen molar-refractivity contribution in [1.29, 1.82) is 0 Å². The molecule has 0 unspecified atom stereocenters. The zero-order valence-corrected chi connectivity index (χ0v) is 21.1. The summed E-state index contributed by atoms with van der Waals surface area (Å²) in [6, 6.07) is 14.1. The minimum atomic E-state index is -1.13. The summed E-state index contributed by atoms with van der Waals surface area (Å²) in [5.41, 5.74) is 1.95. The fourth-order valence-electron chi connectivity index (χ4n) is 4.76. The van der Waals surface area contributed by atoms with E-state index in [1.54, 1.807) is 50.2 Å². The average molecular weight is 522 g/mol. The van der Waals surface area contributed by atoms with Crippen LogP contribution in [0.4, 0.5) is 16.4 Å². The summed E-state index contributed by atoms with van der Waals surface area (Å²) in [5, 5.41) is 12.9. The minimum Gasteiger partial charge on any atom is -0.462 e. The van der Waals surface area contributed by atoms with Gasteiger partial charge in [0.25, 0.3) is 11.6 Å². The zero-order valence-electron chi connectivity index (χ0n) is 20.2. The summed E-state index contributed by atoms with van der Waals surface area (Å²) in [6.07, 6.45) is -1.13. The van der Waals surface area contributed by atoms with Crippen molar-refractivity contribution in [1.82, 2.24) is 0 Å². The number of ether oxygens (including phenoxy) is 1. The number of nitro groups is 1. The summed E-state index contributed by atoms with van der Waals surface area (Å²) < 4.78 is 5.21. The number of thiophene rings is 1. The normalized spacial score (nSPS) is 20.9. The highest BCUT2D eigenvalue weighted by atomic mass is 32.1. The first-order valence-electron chi connectivity index (χ1n) is 11.6. The number of esters is 1. The molecule has 3 heterocycles. The molecule has 2 saturated heterocycles. The van der Waals surface area contributed by atoms with Crippen LogP contribution < -0.4 is 9.96 Å². The maximum Gasteiger partial charge on any atom is 0.341 e. The van der Waals surface area contributed by atoms with Crippen LogP contribution >= 0.6 is 11.3 Å². The lowest BCUT2D eigenvalue weighted by molar-refractivity contribution is -0.384.